The first-order valence-electron chi connectivity index (χ1n) is 6.30. The SMILES string of the molecule is CCOC(=O)C1CCCN1c1cc(Br)ccc1C#N. The molecule has 1 heterocycles. The van der Waals surface area contributed by atoms with Gasteiger partial charge in [0.15, 0.2) is 0 Å². The monoisotopic (exact) mass is 322 g/mol. The average Bonchev–Trinajstić information content (AvgIpc) is 2.88. The van der Waals surface area contributed by atoms with Crippen LogP contribution in [0.1, 0.15) is 25.3 Å². The molecule has 2 rings (SSSR count). The van der Waals surface area contributed by atoms with Crippen LogP contribution in [0.25, 0.3) is 0 Å². The van der Waals surface area contributed by atoms with Crippen molar-refractivity contribution in [1.82, 2.24) is 0 Å². The van der Waals surface area contributed by atoms with Gasteiger partial charge in [-0.25, -0.2) is 4.79 Å². The summed E-state index contributed by atoms with van der Waals surface area (Å²) in [5.74, 6) is -0.205. The summed E-state index contributed by atoms with van der Waals surface area (Å²) in [4.78, 5) is 13.9. The topological polar surface area (TPSA) is 53.3 Å². The number of carbonyl (C=O) groups excluding carboxylic acids is 1. The zero-order valence-electron chi connectivity index (χ0n) is 10.7. The lowest BCUT2D eigenvalue weighted by molar-refractivity contribution is -0.144. The Morgan fingerprint density at radius 1 is 1.63 bits per heavy atom. The highest BCUT2D eigenvalue weighted by Gasteiger charge is 2.33. The standard InChI is InChI=1S/C14H15BrN2O2/c1-2-19-14(18)12-4-3-7-17(12)13-8-11(15)6-5-10(13)9-16/h5-6,8,12H,2-4,7H2,1H3. The predicted molar refractivity (Wildman–Crippen MR) is 75.9 cm³/mol. The highest BCUT2D eigenvalue weighted by atomic mass is 79.9. The second-order valence-corrected chi connectivity index (χ2v) is 5.29. The maximum Gasteiger partial charge on any atom is 0.328 e. The second-order valence-electron chi connectivity index (χ2n) is 4.38. The summed E-state index contributed by atoms with van der Waals surface area (Å²) >= 11 is 3.41. The Morgan fingerprint density at radius 2 is 2.42 bits per heavy atom. The molecule has 0 radical (unpaired) electrons. The van der Waals surface area contributed by atoms with Crippen LogP contribution < -0.4 is 4.90 Å². The first kappa shape index (κ1) is 13.9. The molecule has 0 bridgehead atoms. The molecule has 1 aromatic carbocycles. The third kappa shape index (κ3) is 2.90. The van der Waals surface area contributed by atoms with Gasteiger partial charge in [0.25, 0.3) is 0 Å². The van der Waals surface area contributed by atoms with Crippen LogP contribution in [0.3, 0.4) is 0 Å². The molecule has 1 unspecified atom stereocenters. The van der Waals surface area contributed by atoms with Crippen LogP contribution in [0.2, 0.25) is 0 Å². The number of hydrogen-bond donors (Lipinski definition) is 0. The third-order valence-electron chi connectivity index (χ3n) is 3.20. The molecular formula is C14H15BrN2O2. The minimum Gasteiger partial charge on any atom is -0.464 e. The van der Waals surface area contributed by atoms with Gasteiger partial charge in [0, 0.05) is 11.0 Å². The lowest BCUT2D eigenvalue weighted by Crippen LogP contribution is -2.37. The van der Waals surface area contributed by atoms with E-state index in [0.29, 0.717) is 12.2 Å². The fourth-order valence-electron chi connectivity index (χ4n) is 2.38. The highest BCUT2D eigenvalue weighted by Crippen LogP contribution is 2.31. The Hall–Kier alpha value is -1.54. The van der Waals surface area contributed by atoms with E-state index in [9.17, 15) is 10.1 Å². The number of halogens is 1. The molecule has 4 nitrogen and oxygen atoms in total. The number of carbonyl (C=O) groups is 1. The Morgan fingerprint density at radius 3 is 3.11 bits per heavy atom. The summed E-state index contributed by atoms with van der Waals surface area (Å²) in [6.07, 6.45) is 1.71. The molecule has 1 aliphatic rings. The van der Waals surface area contributed by atoms with Crippen LogP contribution in [-0.4, -0.2) is 25.2 Å². The Bertz CT molecular complexity index is 525. The van der Waals surface area contributed by atoms with Crippen LogP contribution in [0.15, 0.2) is 22.7 Å². The molecule has 0 aromatic heterocycles. The zero-order chi connectivity index (χ0) is 13.8. The largest absolute Gasteiger partial charge is 0.464 e. The second kappa shape index (κ2) is 6.07. The number of ether oxygens (including phenoxy) is 1. The van der Waals surface area contributed by atoms with Gasteiger partial charge in [-0.15, -0.1) is 0 Å². The maximum atomic E-state index is 12.0. The van der Waals surface area contributed by atoms with Gasteiger partial charge in [-0.05, 0) is 38.0 Å². The molecule has 19 heavy (non-hydrogen) atoms. The van der Waals surface area contributed by atoms with Crippen molar-refractivity contribution in [3.05, 3.63) is 28.2 Å². The molecule has 1 aromatic rings. The van der Waals surface area contributed by atoms with Crippen LogP contribution in [0.5, 0.6) is 0 Å². The maximum absolute atomic E-state index is 12.0. The fourth-order valence-corrected chi connectivity index (χ4v) is 2.72. The van der Waals surface area contributed by atoms with E-state index in [1.54, 1.807) is 13.0 Å². The molecule has 1 atom stereocenters. The summed E-state index contributed by atoms with van der Waals surface area (Å²) in [6, 6.07) is 7.38. The summed E-state index contributed by atoms with van der Waals surface area (Å²) in [7, 11) is 0. The Balaban J connectivity index is 2.32. The highest BCUT2D eigenvalue weighted by molar-refractivity contribution is 9.10. The molecule has 5 heteroatoms. The number of nitrogens with zero attached hydrogens (tertiary/aromatic N) is 2. The van der Waals surface area contributed by atoms with Gasteiger partial charge in [0.2, 0.25) is 0 Å². The molecule has 0 aliphatic carbocycles. The third-order valence-corrected chi connectivity index (χ3v) is 3.69. The van der Waals surface area contributed by atoms with Gasteiger partial charge in [-0.1, -0.05) is 15.9 Å². The van der Waals surface area contributed by atoms with Crippen molar-refractivity contribution in [3.63, 3.8) is 0 Å². The van der Waals surface area contributed by atoms with Crippen molar-refractivity contribution in [1.29, 1.82) is 5.26 Å². The van der Waals surface area contributed by atoms with Crippen LogP contribution in [0.4, 0.5) is 5.69 Å². The van der Waals surface area contributed by atoms with Crippen molar-refractivity contribution in [2.24, 2.45) is 0 Å². The van der Waals surface area contributed by atoms with Gasteiger partial charge in [0.1, 0.15) is 12.1 Å². The molecule has 0 N–H and O–H groups in total. The van der Waals surface area contributed by atoms with E-state index in [-0.39, 0.29) is 12.0 Å². The molecule has 1 saturated heterocycles. The molecule has 0 amide bonds. The number of anilines is 1. The van der Waals surface area contributed by atoms with Crippen molar-refractivity contribution in [3.8, 4) is 6.07 Å². The minimum absolute atomic E-state index is 0.205. The van der Waals surface area contributed by atoms with E-state index in [2.05, 4.69) is 22.0 Å². The van der Waals surface area contributed by atoms with Gasteiger partial charge < -0.3 is 9.64 Å². The summed E-state index contributed by atoms with van der Waals surface area (Å²) in [5.41, 5.74) is 1.38. The first-order valence-corrected chi connectivity index (χ1v) is 7.09. The lowest BCUT2D eigenvalue weighted by Gasteiger charge is -2.26. The van der Waals surface area contributed by atoms with Gasteiger partial charge in [-0.3, -0.25) is 0 Å². The Kier molecular flexibility index (Phi) is 4.43. The van der Waals surface area contributed by atoms with Gasteiger partial charge in [0.05, 0.1) is 17.9 Å². The van der Waals surface area contributed by atoms with E-state index in [4.69, 9.17) is 4.74 Å². The summed E-state index contributed by atoms with van der Waals surface area (Å²) in [6.45, 7) is 2.96. The van der Waals surface area contributed by atoms with E-state index in [1.165, 1.54) is 0 Å². The quantitative estimate of drug-likeness (QED) is 0.803. The number of esters is 1. The van der Waals surface area contributed by atoms with Crippen LogP contribution in [-0.2, 0) is 9.53 Å². The molecule has 1 fully saturated rings. The molecule has 100 valence electrons. The molecular weight excluding hydrogens is 308 g/mol. The van der Waals surface area contributed by atoms with Crippen molar-refractivity contribution < 1.29 is 9.53 Å². The number of hydrogen-bond acceptors (Lipinski definition) is 4. The first-order chi connectivity index (χ1) is 9.17. The fraction of sp³-hybridized carbons (Fsp3) is 0.429. The lowest BCUT2D eigenvalue weighted by atomic mass is 10.1. The van der Waals surface area contributed by atoms with Crippen LogP contribution >= 0.6 is 15.9 Å². The zero-order valence-corrected chi connectivity index (χ0v) is 12.3. The number of nitriles is 1. The van der Waals surface area contributed by atoms with Crippen molar-refractivity contribution in [2.75, 3.05) is 18.1 Å². The van der Waals surface area contributed by atoms with E-state index >= 15 is 0 Å². The smallest absolute Gasteiger partial charge is 0.328 e. The normalized spacial score (nSPS) is 18.2. The molecule has 0 saturated carbocycles. The van der Waals surface area contributed by atoms with Crippen molar-refractivity contribution >= 4 is 27.6 Å². The van der Waals surface area contributed by atoms with Crippen LogP contribution in [0, 0.1) is 11.3 Å². The molecule has 1 aliphatic heterocycles. The summed E-state index contributed by atoms with van der Waals surface area (Å²) in [5, 5.41) is 9.19. The van der Waals surface area contributed by atoms with E-state index in [1.807, 2.05) is 17.0 Å². The van der Waals surface area contributed by atoms with Crippen molar-refractivity contribution in [2.45, 2.75) is 25.8 Å². The predicted octanol–water partition coefficient (Wildman–Crippen LogP) is 2.85. The minimum atomic E-state index is -0.277. The van der Waals surface area contributed by atoms with E-state index < -0.39 is 0 Å². The van der Waals surface area contributed by atoms with Gasteiger partial charge >= 0.3 is 5.97 Å². The van der Waals surface area contributed by atoms with E-state index in [0.717, 1.165) is 29.5 Å². The molecule has 0 spiro atoms. The van der Waals surface area contributed by atoms with Gasteiger partial charge in [-0.2, -0.15) is 5.26 Å². The number of benzene rings is 1. The number of rotatable bonds is 3. The Labute approximate surface area is 121 Å². The average molecular weight is 323 g/mol. The summed E-state index contributed by atoms with van der Waals surface area (Å²) < 4.78 is 6.01.